The molecule has 1 aromatic heterocycles. The van der Waals surface area contributed by atoms with E-state index in [9.17, 15) is 14.7 Å². The van der Waals surface area contributed by atoms with E-state index in [0.29, 0.717) is 41.2 Å². The molecular weight excluding hydrogens is 515 g/mol. The number of aromatic nitrogens is 1. The van der Waals surface area contributed by atoms with Gasteiger partial charge in [-0.05, 0) is 60.7 Å². The van der Waals surface area contributed by atoms with Gasteiger partial charge in [0, 0.05) is 11.5 Å². The second-order valence-electron chi connectivity index (χ2n) is 10.1. The number of nitrogens with zero attached hydrogens (tertiary/aromatic N) is 1. The van der Waals surface area contributed by atoms with Gasteiger partial charge in [-0.25, -0.2) is 9.37 Å². The number of fused-ring (bicyclic) bond motifs is 1. The predicted octanol–water partition coefficient (Wildman–Crippen LogP) is 8.10. The quantitative estimate of drug-likeness (QED) is 0.195. The second-order valence-corrected chi connectivity index (χ2v) is 11.2. The van der Waals surface area contributed by atoms with Crippen LogP contribution >= 0.6 is 11.3 Å². The highest BCUT2D eigenvalue weighted by molar-refractivity contribution is 7.22. The van der Waals surface area contributed by atoms with Crippen molar-refractivity contribution in [1.29, 1.82) is 0 Å². The minimum Gasteiger partial charge on any atom is -0.497 e. The molecule has 1 aliphatic rings. The number of ketones is 1. The zero-order chi connectivity index (χ0) is 27.6. The van der Waals surface area contributed by atoms with Crippen molar-refractivity contribution < 1.29 is 23.8 Å². The van der Waals surface area contributed by atoms with E-state index in [1.165, 1.54) is 17.4 Å². The lowest BCUT2D eigenvalue weighted by Gasteiger charge is -2.30. The number of carbonyl (C=O) groups excluding carboxylic acids is 1. The molecule has 8 heteroatoms. The van der Waals surface area contributed by atoms with Crippen molar-refractivity contribution in [2.45, 2.75) is 45.4 Å². The van der Waals surface area contributed by atoms with Crippen molar-refractivity contribution in [1.82, 2.24) is 4.98 Å². The van der Waals surface area contributed by atoms with Crippen LogP contribution in [-0.4, -0.2) is 29.0 Å². The van der Waals surface area contributed by atoms with E-state index in [0.717, 1.165) is 40.8 Å². The molecular formula is C31H31FN2O4S. The number of unbranched alkanes of at least 4 members (excludes halogenated alkanes) is 1. The van der Waals surface area contributed by atoms with Crippen LogP contribution in [0.4, 0.5) is 15.2 Å². The molecule has 5 rings (SSSR count). The number of Topliss-reactive ketones (excluding diaryl/α,β-unsaturated/α-hetero) is 1. The Balaban J connectivity index is 1.32. The Labute approximate surface area is 230 Å². The van der Waals surface area contributed by atoms with E-state index in [2.05, 4.69) is 10.3 Å². The Kier molecular flexibility index (Phi) is 7.66. The molecule has 2 N–H and O–H groups in total. The molecule has 0 unspecified atom stereocenters. The van der Waals surface area contributed by atoms with Gasteiger partial charge in [0.05, 0.1) is 28.4 Å². The molecule has 2 atom stereocenters. The molecule has 1 saturated carbocycles. The molecule has 6 nitrogen and oxygen atoms in total. The molecule has 0 spiro atoms. The maximum absolute atomic E-state index is 15.1. The van der Waals surface area contributed by atoms with Gasteiger partial charge < -0.3 is 15.2 Å². The number of rotatable bonds is 10. The number of aliphatic carboxylic acids is 1. The van der Waals surface area contributed by atoms with Crippen molar-refractivity contribution >= 4 is 44.1 Å². The second kappa shape index (κ2) is 11.1. The highest BCUT2D eigenvalue weighted by Crippen LogP contribution is 2.49. The fraction of sp³-hybridized carbons (Fsp3) is 0.323. The van der Waals surface area contributed by atoms with E-state index in [1.54, 1.807) is 37.4 Å². The van der Waals surface area contributed by atoms with Crippen molar-refractivity contribution in [3.05, 3.63) is 72.0 Å². The average Bonchev–Trinajstić information content (AvgIpc) is 3.56. The summed E-state index contributed by atoms with van der Waals surface area (Å²) >= 11 is 1.41. The molecule has 1 fully saturated rings. The van der Waals surface area contributed by atoms with Crippen molar-refractivity contribution in [3.8, 4) is 16.9 Å². The van der Waals surface area contributed by atoms with Gasteiger partial charge in [0.2, 0.25) is 0 Å². The van der Waals surface area contributed by atoms with E-state index < -0.39 is 23.1 Å². The normalized spacial score (nSPS) is 18.8. The van der Waals surface area contributed by atoms with Crippen LogP contribution in [0.3, 0.4) is 0 Å². The fourth-order valence-electron chi connectivity index (χ4n) is 5.63. The molecule has 1 heterocycles. The van der Waals surface area contributed by atoms with E-state index in [1.807, 2.05) is 31.2 Å². The third kappa shape index (κ3) is 5.26. The van der Waals surface area contributed by atoms with Gasteiger partial charge in [-0.3, -0.25) is 9.59 Å². The Bertz CT molecular complexity index is 1520. The summed E-state index contributed by atoms with van der Waals surface area (Å²) in [5, 5.41) is 13.7. The Hall–Kier alpha value is -3.78. The lowest BCUT2D eigenvalue weighted by Crippen LogP contribution is -2.39. The van der Waals surface area contributed by atoms with Crippen LogP contribution in [0.2, 0.25) is 0 Å². The predicted molar refractivity (Wildman–Crippen MR) is 153 cm³/mol. The molecule has 202 valence electrons. The zero-order valence-electron chi connectivity index (χ0n) is 22.0. The Morgan fingerprint density at radius 2 is 1.90 bits per heavy atom. The SMILES string of the molecule is CCCC[C@@]1(C(=O)O)CCC[C@H]1C(=O)c1ccc(-c2ccc(Nc3nc4ccc(OC)cc4s3)c(F)c2)cc1. The first-order valence-corrected chi connectivity index (χ1v) is 14.1. The van der Waals surface area contributed by atoms with Gasteiger partial charge in [0.25, 0.3) is 0 Å². The zero-order valence-corrected chi connectivity index (χ0v) is 22.8. The molecule has 1 aliphatic carbocycles. The van der Waals surface area contributed by atoms with Gasteiger partial charge in [-0.1, -0.05) is 67.9 Å². The smallest absolute Gasteiger partial charge is 0.310 e. The van der Waals surface area contributed by atoms with Gasteiger partial charge in [0.1, 0.15) is 11.6 Å². The maximum Gasteiger partial charge on any atom is 0.310 e. The number of halogens is 1. The number of carboxylic acid groups (broad SMARTS) is 1. The summed E-state index contributed by atoms with van der Waals surface area (Å²) in [5.74, 6) is -1.17. The summed E-state index contributed by atoms with van der Waals surface area (Å²) in [6, 6.07) is 17.6. The van der Waals surface area contributed by atoms with Crippen molar-refractivity contribution in [2.75, 3.05) is 12.4 Å². The van der Waals surface area contributed by atoms with Crippen LogP contribution in [0, 0.1) is 17.2 Å². The van der Waals surface area contributed by atoms with Gasteiger partial charge in [-0.15, -0.1) is 0 Å². The number of anilines is 2. The van der Waals surface area contributed by atoms with Gasteiger partial charge >= 0.3 is 5.97 Å². The number of hydrogen-bond acceptors (Lipinski definition) is 6. The van der Waals surface area contributed by atoms with Gasteiger partial charge in [-0.2, -0.15) is 0 Å². The summed E-state index contributed by atoms with van der Waals surface area (Å²) in [6.07, 6.45) is 4.10. The molecule has 4 aromatic rings. The Morgan fingerprint density at radius 1 is 1.13 bits per heavy atom. The highest BCUT2D eigenvalue weighted by Gasteiger charge is 2.51. The number of methoxy groups -OCH3 is 1. The number of carbonyl (C=O) groups is 2. The van der Waals surface area contributed by atoms with E-state index >= 15 is 4.39 Å². The molecule has 39 heavy (non-hydrogen) atoms. The van der Waals surface area contributed by atoms with Gasteiger partial charge in [0.15, 0.2) is 10.9 Å². The topological polar surface area (TPSA) is 88.5 Å². The first-order valence-electron chi connectivity index (χ1n) is 13.2. The van der Waals surface area contributed by atoms with Crippen molar-refractivity contribution in [2.24, 2.45) is 11.3 Å². The lowest BCUT2D eigenvalue weighted by molar-refractivity contribution is -0.151. The standard InChI is InChI=1S/C31H31FN2O4S/c1-3-4-15-31(29(36)37)16-5-6-23(31)28(35)20-9-7-19(8-10-20)21-11-13-25(24(32)17-21)33-30-34-26-14-12-22(38-2)18-27(26)39-30/h7-14,17-18,23H,3-6,15-16H2,1-2H3,(H,33,34)(H,36,37)/t23-,31+/m0/s1. The Morgan fingerprint density at radius 3 is 2.59 bits per heavy atom. The molecule has 0 radical (unpaired) electrons. The minimum absolute atomic E-state index is 0.114. The summed E-state index contributed by atoms with van der Waals surface area (Å²) < 4.78 is 21.3. The van der Waals surface area contributed by atoms with Crippen LogP contribution < -0.4 is 10.1 Å². The monoisotopic (exact) mass is 546 g/mol. The molecule has 0 amide bonds. The minimum atomic E-state index is -0.979. The first-order chi connectivity index (χ1) is 18.8. The maximum atomic E-state index is 15.1. The number of hydrogen-bond donors (Lipinski definition) is 2. The molecule has 0 saturated heterocycles. The first kappa shape index (κ1) is 26.8. The molecule has 0 bridgehead atoms. The van der Waals surface area contributed by atoms with Crippen molar-refractivity contribution in [3.63, 3.8) is 0 Å². The van der Waals surface area contributed by atoms with Crippen LogP contribution in [0.25, 0.3) is 21.3 Å². The van der Waals surface area contributed by atoms with E-state index in [-0.39, 0.29) is 5.78 Å². The third-order valence-electron chi connectivity index (χ3n) is 7.81. The summed E-state index contributed by atoms with van der Waals surface area (Å²) in [5.41, 5.74) is 2.08. The number of ether oxygens (including phenoxy) is 1. The van der Waals surface area contributed by atoms with Crippen LogP contribution in [0.5, 0.6) is 5.75 Å². The fourth-order valence-corrected chi connectivity index (χ4v) is 6.54. The van der Waals surface area contributed by atoms with E-state index in [4.69, 9.17) is 4.74 Å². The number of thiazole rings is 1. The number of benzene rings is 3. The number of nitrogens with one attached hydrogen (secondary N) is 1. The average molecular weight is 547 g/mol. The van der Waals surface area contributed by atoms with Crippen LogP contribution in [0.15, 0.2) is 60.7 Å². The third-order valence-corrected chi connectivity index (χ3v) is 8.74. The summed E-state index contributed by atoms with van der Waals surface area (Å²) in [7, 11) is 1.61. The van der Waals surface area contributed by atoms with Crippen LogP contribution in [0.1, 0.15) is 55.8 Å². The summed E-state index contributed by atoms with van der Waals surface area (Å²) in [4.78, 5) is 30.2. The molecule has 0 aliphatic heterocycles. The largest absolute Gasteiger partial charge is 0.497 e. The molecule has 3 aromatic carbocycles. The number of carboxylic acids is 1. The highest BCUT2D eigenvalue weighted by atomic mass is 32.1. The van der Waals surface area contributed by atoms with Crippen LogP contribution in [-0.2, 0) is 4.79 Å². The summed E-state index contributed by atoms with van der Waals surface area (Å²) in [6.45, 7) is 2.03. The lowest BCUT2D eigenvalue weighted by atomic mass is 9.71.